The third-order valence-electron chi connectivity index (χ3n) is 3.22. The number of nitrogens with two attached hydrogens (primary N) is 1. The fourth-order valence-corrected chi connectivity index (χ4v) is 1.35. The van der Waals surface area contributed by atoms with Crippen LogP contribution in [-0.2, 0) is 4.79 Å². The molecule has 0 rings (SSSR count). The van der Waals surface area contributed by atoms with E-state index >= 15 is 0 Å². The molecular weight excluding hydrogens is 200 g/mol. The van der Waals surface area contributed by atoms with Gasteiger partial charge in [0.1, 0.15) is 0 Å². The SMILES string of the molecule is CCC(C)CN(C)C(=O)CC(N)C(C)(C)C. The van der Waals surface area contributed by atoms with Crippen LogP contribution in [-0.4, -0.2) is 30.4 Å². The second-order valence-electron chi connectivity index (χ2n) is 5.96. The molecule has 16 heavy (non-hydrogen) atoms. The Labute approximate surface area is 100 Å². The van der Waals surface area contributed by atoms with Crippen LogP contribution in [0.15, 0.2) is 0 Å². The molecule has 0 spiro atoms. The molecule has 0 heterocycles. The largest absolute Gasteiger partial charge is 0.345 e. The molecule has 3 nitrogen and oxygen atoms in total. The minimum absolute atomic E-state index is 0.00707. The number of carbonyl (C=O) groups excluding carboxylic acids is 1. The van der Waals surface area contributed by atoms with Crippen LogP contribution in [0.5, 0.6) is 0 Å². The quantitative estimate of drug-likeness (QED) is 0.784. The fourth-order valence-electron chi connectivity index (χ4n) is 1.35. The van der Waals surface area contributed by atoms with E-state index in [2.05, 4.69) is 34.6 Å². The summed E-state index contributed by atoms with van der Waals surface area (Å²) in [5.74, 6) is 0.711. The summed E-state index contributed by atoms with van der Waals surface area (Å²) in [7, 11) is 1.86. The summed E-state index contributed by atoms with van der Waals surface area (Å²) in [6.45, 7) is 11.3. The van der Waals surface area contributed by atoms with Crippen molar-refractivity contribution in [3.05, 3.63) is 0 Å². The van der Waals surface area contributed by atoms with E-state index in [9.17, 15) is 4.79 Å². The average Bonchev–Trinajstić information content (AvgIpc) is 2.15. The van der Waals surface area contributed by atoms with Crippen molar-refractivity contribution in [2.24, 2.45) is 17.1 Å². The third kappa shape index (κ3) is 5.50. The second kappa shape index (κ2) is 6.24. The Kier molecular flexibility index (Phi) is 6.01. The van der Waals surface area contributed by atoms with Gasteiger partial charge in [-0.05, 0) is 11.3 Å². The number of nitrogens with zero attached hydrogens (tertiary/aromatic N) is 1. The Morgan fingerprint density at radius 2 is 1.88 bits per heavy atom. The molecule has 0 bridgehead atoms. The van der Waals surface area contributed by atoms with Crippen LogP contribution in [0.25, 0.3) is 0 Å². The van der Waals surface area contributed by atoms with Crippen LogP contribution in [0.1, 0.15) is 47.5 Å². The van der Waals surface area contributed by atoms with Crippen molar-refractivity contribution in [1.29, 1.82) is 0 Å². The summed E-state index contributed by atoms with van der Waals surface area (Å²) >= 11 is 0. The highest BCUT2D eigenvalue weighted by Crippen LogP contribution is 2.20. The predicted octanol–water partition coefficient (Wildman–Crippen LogP) is 2.25. The van der Waals surface area contributed by atoms with Crippen molar-refractivity contribution < 1.29 is 4.79 Å². The van der Waals surface area contributed by atoms with Gasteiger partial charge in [0.15, 0.2) is 0 Å². The highest BCUT2D eigenvalue weighted by atomic mass is 16.2. The predicted molar refractivity (Wildman–Crippen MR) is 69.1 cm³/mol. The number of hydrogen-bond acceptors (Lipinski definition) is 2. The molecule has 0 aromatic rings. The first kappa shape index (κ1) is 15.4. The van der Waals surface area contributed by atoms with Gasteiger partial charge in [-0.1, -0.05) is 41.0 Å². The summed E-state index contributed by atoms with van der Waals surface area (Å²) < 4.78 is 0. The summed E-state index contributed by atoms with van der Waals surface area (Å²) in [6, 6.07) is -0.0700. The molecule has 0 fully saturated rings. The maximum absolute atomic E-state index is 11.9. The minimum Gasteiger partial charge on any atom is -0.345 e. The second-order valence-corrected chi connectivity index (χ2v) is 5.96. The molecule has 1 amide bonds. The molecule has 2 atom stereocenters. The number of hydrogen-bond donors (Lipinski definition) is 1. The van der Waals surface area contributed by atoms with Gasteiger partial charge in [-0.2, -0.15) is 0 Å². The summed E-state index contributed by atoms with van der Waals surface area (Å²) in [5, 5.41) is 0. The topological polar surface area (TPSA) is 46.3 Å². The molecule has 2 N–H and O–H groups in total. The van der Waals surface area contributed by atoms with E-state index in [1.165, 1.54) is 0 Å². The van der Waals surface area contributed by atoms with E-state index in [4.69, 9.17) is 5.73 Å². The van der Waals surface area contributed by atoms with Crippen LogP contribution in [0.2, 0.25) is 0 Å². The molecule has 0 saturated heterocycles. The smallest absolute Gasteiger partial charge is 0.223 e. The maximum atomic E-state index is 11.9. The van der Waals surface area contributed by atoms with Gasteiger partial charge in [0.05, 0.1) is 0 Å². The molecule has 0 aliphatic heterocycles. The number of carbonyl (C=O) groups is 1. The Balaban J connectivity index is 4.16. The molecule has 0 radical (unpaired) electrons. The number of rotatable bonds is 5. The standard InChI is InChI=1S/C13H28N2O/c1-7-10(2)9-15(6)12(16)8-11(14)13(3,4)5/h10-11H,7-9,14H2,1-6H3. The van der Waals surface area contributed by atoms with Crippen LogP contribution in [0.4, 0.5) is 0 Å². The van der Waals surface area contributed by atoms with Gasteiger partial charge in [-0.3, -0.25) is 4.79 Å². The average molecular weight is 228 g/mol. The van der Waals surface area contributed by atoms with Crippen LogP contribution in [0, 0.1) is 11.3 Å². The van der Waals surface area contributed by atoms with Crippen molar-refractivity contribution in [2.45, 2.75) is 53.5 Å². The van der Waals surface area contributed by atoms with Crippen LogP contribution < -0.4 is 5.73 Å². The molecule has 0 aliphatic carbocycles. The van der Waals surface area contributed by atoms with Gasteiger partial charge in [0.25, 0.3) is 0 Å². The van der Waals surface area contributed by atoms with Gasteiger partial charge in [0, 0.05) is 26.1 Å². The molecule has 0 aromatic carbocycles. The summed E-state index contributed by atoms with van der Waals surface area (Å²) in [6.07, 6.45) is 1.54. The summed E-state index contributed by atoms with van der Waals surface area (Å²) in [4.78, 5) is 13.7. The normalized spacial score (nSPS) is 15.7. The van der Waals surface area contributed by atoms with E-state index in [1.807, 2.05) is 7.05 Å². The lowest BCUT2D eigenvalue weighted by atomic mass is 9.85. The first-order valence-corrected chi connectivity index (χ1v) is 6.18. The van der Waals surface area contributed by atoms with Gasteiger partial charge >= 0.3 is 0 Å². The van der Waals surface area contributed by atoms with E-state index in [-0.39, 0.29) is 17.4 Å². The van der Waals surface area contributed by atoms with Crippen molar-refractivity contribution in [3.63, 3.8) is 0 Å². The van der Waals surface area contributed by atoms with E-state index < -0.39 is 0 Å². The Morgan fingerprint density at radius 3 is 2.25 bits per heavy atom. The molecule has 96 valence electrons. The lowest BCUT2D eigenvalue weighted by Gasteiger charge is -2.29. The zero-order valence-corrected chi connectivity index (χ0v) is 11.7. The van der Waals surface area contributed by atoms with Gasteiger partial charge in [0.2, 0.25) is 5.91 Å². The highest BCUT2D eigenvalue weighted by Gasteiger charge is 2.24. The minimum atomic E-state index is -0.0700. The Morgan fingerprint density at radius 1 is 1.38 bits per heavy atom. The van der Waals surface area contributed by atoms with Crippen molar-refractivity contribution in [1.82, 2.24) is 4.90 Å². The zero-order valence-electron chi connectivity index (χ0n) is 11.7. The fraction of sp³-hybridized carbons (Fsp3) is 0.923. The first-order chi connectivity index (χ1) is 7.18. The first-order valence-electron chi connectivity index (χ1n) is 6.18. The van der Waals surface area contributed by atoms with E-state index in [0.717, 1.165) is 13.0 Å². The zero-order chi connectivity index (χ0) is 12.9. The van der Waals surface area contributed by atoms with Gasteiger partial charge < -0.3 is 10.6 Å². The Bertz CT molecular complexity index is 220. The van der Waals surface area contributed by atoms with Crippen molar-refractivity contribution in [2.75, 3.05) is 13.6 Å². The number of amides is 1. The molecule has 2 unspecified atom stereocenters. The van der Waals surface area contributed by atoms with E-state index in [0.29, 0.717) is 12.3 Å². The molecular formula is C13H28N2O. The lowest BCUT2D eigenvalue weighted by molar-refractivity contribution is -0.131. The monoisotopic (exact) mass is 228 g/mol. The van der Waals surface area contributed by atoms with Crippen LogP contribution >= 0.6 is 0 Å². The van der Waals surface area contributed by atoms with Crippen LogP contribution in [0.3, 0.4) is 0 Å². The highest BCUT2D eigenvalue weighted by molar-refractivity contribution is 5.76. The van der Waals surface area contributed by atoms with E-state index in [1.54, 1.807) is 4.90 Å². The van der Waals surface area contributed by atoms with Gasteiger partial charge in [-0.15, -0.1) is 0 Å². The van der Waals surface area contributed by atoms with Crippen molar-refractivity contribution in [3.8, 4) is 0 Å². The Hall–Kier alpha value is -0.570. The summed E-state index contributed by atoms with van der Waals surface area (Å²) in [5.41, 5.74) is 6.00. The third-order valence-corrected chi connectivity index (χ3v) is 3.22. The van der Waals surface area contributed by atoms with Gasteiger partial charge in [-0.25, -0.2) is 0 Å². The van der Waals surface area contributed by atoms with Crippen molar-refractivity contribution >= 4 is 5.91 Å². The molecule has 0 saturated carbocycles. The lowest BCUT2D eigenvalue weighted by Crippen LogP contribution is -2.41. The molecule has 0 aromatic heterocycles. The molecule has 0 aliphatic rings. The maximum Gasteiger partial charge on any atom is 0.223 e. The molecule has 3 heteroatoms.